The van der Waals surface area contributed by atoms with Crippen molar-refractivity contribution in [1.29, 1.82) is 0 Å². The van der Waals surface area contributed by atoms with Crippen molar-refractivity contribution < 1.29 is 9.50 Å². The molecule has 4 unspecified atom stereocenters. The van der Waals surface area contributed by atoms with Crippen LogP contribution in [0.15, 0.2) is 28.5 Å². The van der Waals surface area contributed by atoms with Gasteiger partial charge in [-0.05, 0) is 25.0 Å². The second-order valence-electron chi connectivity index (χ2n) is 8.81. The van der Waals surface area contributed by atoms with Crippen molar-refractivity contribution >= 4 is 11.5 Å². The van der Waals surface area contributed by atoms with Crippen molar-refractivity contribution in [3.05, 3.63) is 34.8 Å². The molecule has 0 aliphatic carbocycles. The standard InChI is InChI=1S/C23H35FN4O/c1-12(2)19-9-8-18(23(25-7)26-19)20-13(3)14(4)22-21(27-20)15(5)16(6)28(22)17(10-24)11-29/h8-9,12-17,29H,10-11H2,1-7H3,(H,25,26)/t13?,14?,15?,16?,17-/m0/s1. The summed E-state index contributed by atoms with van der Waals surface area (Å²) in [6.45, 7) is 12.1. The van der Waals surface area contributed by atoms with E-state index in [2.05, 4.69) is 63.9 Å². The number of aliphatic hydroxyl groups excluding tert-OH is 1. The van der Waals surface area contributed by atoms with Crippen molar-refractivity contribution in [3.8, 4) is 0 Å². The number of halogens is 1. The van der Waals surface area contributed by atoms with Crippen LogP contribution in [-0.4, -0.2) is 53.1 Å². The molecule has 2 aliphatic rings. The van der Waals surface area contributed by atoms with E-state index in [4.69, 9.17) is 9.98 Å². The van der Waals surface area contributed by atoms with Crippen molar-refractivity contribution in [2.75, 3.05) is 25.6 Å². The van der Waals surface area contributed by atoms with Gasteiger partial charge in [-0.15, -0.1) is 0 Å². The summed E-state index contributed by atoms with van der Waals surface area (Å²) in [4.78, 5) is 12.0. The number of allylic oxidation sites excluding steroid dienone is 1. The summed E-state index contributed by atoms with van der Waals surface area (Å²) in [6.07, 6.45) is 0. The SMILES string of the molecule is CNc1nc(C(C)C)ccc1C1=NC2=C(C(C)C1C)N([C@H](CO)CF)C(C)C2C. The average Bonchev–Trinajstić information content (AvgIpc) is 2.96. The number of hydrogen-bond acceptors (Lipinski definition) is 5. The highest BCUT2D eigenvalue weighted by atomic mass is 19.1. The number of pyridine rings is 1. The molecule has 2 aliphatic heterocycles. The summed E-state index contributed by atoms with van der Waals surface area (Å²) in [6, 6.07) is 3.81. The fourth-order valence-corrected chi connectivity index (χ4v) is 4.63. The molecule has 0 amide bonds. The Hall–Kier alpha value is -1.95. The van der Waals surface area contributed by atoms with E-state index in [1.165, 1.54) is 0 Å². The molecule has 0 saturated heterocycles. The number of rotatable bonds is 6. The van der Waals surface area contributed by atoms with Crippen LogP contribution in [0.4, 0.5) is 10.2 Å². The molecule has 29 heavy (non-hydrogen) atoms. The van der Waals surface area contributed by atoms with E-state index in [1.807, 2.05) is 7.05 Å². The number of nitrogens with one attached hydrogen (secondary N) is 1. The molecule has 3 rings (SSSR count). The second-order valence-corrected chi connectivity index (χ2v) is 8.81. The van der Waals surface area contributed by atoms with Crippen LogP contribution in [0.2, 0.25) is 0 Å². The Balaban J connectivity index is 2.12. The first-order chi connectivity index (χ1) is 13.8. The molecule has 0 bridgehead atoms. The largest absolute Gasteiger partial charge is 0.394 e. The third kappa shape index (κ3) is 3.56. The predicted molar refractivity (Wildman–Crippen MR) is 117 cm³/mol. The zero-order valence-corrected chi connectivity index (χ0v) is 18.7. The van der Waals surface area contributed by atoms with Gasteiger partial charge in [-0.1, -0.05) is 34.6 Å². The maximum atomic E-state index is 13.7. The zero-order chi connectivity index (χ0) is 21.5. The van der Waals surface area contributed by atoms with E-state index in [1.54, 1.807) is 0 Å². The van der Waals surface area contributed by atoms with Crippen LogP contribution < -0.4 is 5.32 Å². The molecular weight excluding hydrogens is 367 g/mol. The van der Waals surface area contributed by atoms with Crippen LogP contribution in [0, 0.1) is 17.8 Å². The summed E-state index contributed by atoms with van der Waals surface area (Å²) in [5.41, 5.74) is 5.24. The molecule has 3 heterocycles. The van der Waals surface area contributed by atoms with E-state index < -0.39 is 12.7 Å². The minimum absolute atomic E-state index is 0.107. The molecule has 5 atom stereocenters. The lowest BCUT2D eigenvalue weighted by Gasteiger charge is -2.39. The van der Waals surface area contributed by atoms with Crippen LogP contribution in [0.3, 0.4) is 0 Å². The smallest absolute Gasteiger partial charge is 0.135 e. The second kappa shape index (κ2) is 8.42. The van der Waals surface area contributed by atoms with Gasteiger partial charge in [-0.2, -0.15) is 0 Å². The highest BCUT2D eigenvalue weighted by Gasteiger charge is 2.45. The monoisotopic (exact) mass is 402 g/mol. The maximum absolute atomic E-state index is 13.7. The number of aliphatic hydroxyl groups is 1. The van der Waals surface area contributed by atoms with Gasteiger partial charge in [0.05, 0.1) is 24.1 Å². The fraction of sp³-hybridized carbons (Fsp3) is 0.652. The molecule has 1 aromatic heterocycles. The topological polar surface area (TPSA) is 60.8 Å². The number of alkyl halides is 1. The lowest BCUT2D eigenvalue weighted by molar-refractivity contribution is 0.0927. The molecule has 0 spiro atoms. The Kier molecular flexibility index (Phi) is 6.32. The number of anilines is 1. The lowest BCUT2D eigenvalue weighted by Crippen LogP contribution is -2.45. The van der Waals surface area contributed by atoms with Gasteiger partial charge in [0.25, 0.3) is 0 Å². The Morgan fingerprint density at radius 1 is 1.14 bits per heavy atom. The predicted octanol–water partition coefficient (Wildman–Crippen LogP) is 4.20. The Labute approximate surface area is 174 Å². The Morgan fingerprint density at radius 2 is 1.83 bits per heavy atom. The van der Waals surface area contributed by atoms with E-state index in [9.17, 15) is 9.50 Å². The van der Waals surface area contributed by atoms with Crippen molar-refractivity contribution in [1.82, 2.24) is 9.88 Å². The molecule has 0 aromatic carbocycles. The van der Waals surface area contributed by atoms with Gasteiger partial charge >= 0.3 is 0 Å². The number of hydrogen-bond donors (Lipinski definition) is 2. The van der Waals surface area contributed by atoms with E-state index in [0.717, 1.165) is 34.2 Å². The summed E-state index contributed by atoms with van der Waals surface area (Å²) in [7, 11) is 1.90. The quantitative estimate of drug-likeness (QED) is 0.749. The zero-order valence-electron chi connectivity index (χ0n) is 18.7. The first kappa shape index (κ1) is 21.8. The van der Waals surface area contributed by atoms with Crippen molar-refractivity contribution in [2.45, 2.75) is 59.5 Å². The number of aliphatic imine (C=N–C) groups is 1. The van der Waals surface area contributed by atoms with Crippen LogP contribution in [0.5, 0.6) is 0 Å². The first-order valence-electron chi connectivity index (χ1n) is 10.7. The van der Waals surface area contributed by atoms with Gasteiger partial charge in [0.15, 0.2) is 0 Å². The third-order valence-corrected chi connectivity index (χ3v) is 6.79. The molecule has 6 heteroatoms. The summed E-state index contributed by atoms with van der Waals surface area (Å²) >= 11 is 0. The summed E-state index contributed by atoms with van der Waals surface area (Å²) in [5, 5.41) is 13.0. The van der Waals surface area contributed by atoms with Gasteiger partial charge < -0.3 is 15.3 Å². The molecule has 0 fully saturated rings. The molecule has 1 aromatic rings. The molecular formula is C23H35FN4O. The van der Waals surface area contributed by atoms with Gasteiger partial charge in [0.2, 0.25) is 0 Å². The minimum Gasteiger partial charge on any atom is -0.394 e. The minimum atomic E-state index is -0.563. The maximum Gasteiger partial charge on any atom is 0.135 e. The first-order valence-corrected chi connectivity index (χ1v) is 10.7. The van der Waals surface area contributed by atoms with Gasteiger partial charge in [0.1, 0.15) is 12.5 Å². The number of aromatic nitrogens is 1. The molecule has 0 saturated carbocycles. The average molecular weight is 403 g/mol. The van der Waals surface area contributed by atoms with Crippen LogP contribution >= 0.6 is 0 Å². The lowest BCUT2D eigenvalue weighted by atomic mass is 9.82. The van der Waals surface area contributed by atoms with Gasteiger partial charge in [-0.3, -0.25) is 4.99 Å². The fourth-order valence-electron chi connectivity index (χ4n) is 4.63. The normalized spacial score (nSPS) is 27.9. The molecule has 160 valence electrons. The van der Waals surface area contributed by atoms with E-state index in [-0.39, 0.29) is 30.4 Å². The Bertz CT molecular complexity index is 815. The van der Waals surface area contributed by atoms with E-state index >= 15 is 0 Å². The van der Waals surface area contributed by atoms with Gasteiger partial charge in [-0.25, -0.2) is 9.37 Å². The van der Waals surface area contributed by atoms with Gasteiger partial charge in [0, 0.05) is 47.8 Å². The highest BCUT2D eigenvalue weighted by Crippen LogP contribution is 2.46. The van der Waals surface area contributed by atoms with Crippen LogP contribution in [0.25, 0.3) is 0 Å². The summed E-state index contributed by atoms with van der Waals surface area (Å²) < 4.78 is 13.7. The Morgan fingerprint density at radius 3 is 2.38 bits per heavy atom. The van der Waals surface area contributed by atoms with Crippen molar-refractivity contribution in [2.24, 2.45) is 22.7 Å². The number of nitrogens with zero attached hydrogens (tertiary/aromatic N) is 3. The molecule has 5 nitrogen and oxygen atoms in total. The summed E-state index contributed by atoms with van der Waals surface area (Å²) in [5.74, 6) is 1.73. The molecule has 0 radical (unpaired) electrons. The third-order valence-electron chi connectivity index (χ3n) is 6.79. The van der Waals surface area contributed by atoms with Crippen molar-refractivity contribution in [3.63, 3.8) is 0 Å². The highest BCUT2D eigenvalue weighted by molar-refractivity contribution is 6.07. The van der Waals surface area contributed by atoms with Crippen LogP contribution in [0.1, 0.15) is 58.7 Å². The van der Waals surface area contributed by atoms with Crippen LogP contribution in [-0.2, 0) is 0 Å². The molecule has 2 N–H and O–H groups in total. The van der Waals surface area contributed by atoms with E-state index in [0.29, 0.717) is 5.92 Å².